The molecule has 0 heterocycles. The molecule has 0 aliphatic heterocycles. The number of hydrogen-bond donors (Lipinski definition) is 0. The van der Waals surface area contributed by atoms with Crippen LogP contribution in [0.2, 0.25) is 0 Å². The molecule has 0 atom stereocenters. The fourth-order valence-corrected chi connectivity index (χ4v) is 6.30. The van der Waals surface area contributed by atoms with Gasteiger partial charge in [0.2, 0.25) is 0 Å². The lowest BCUT2D eigenvalue weighted by Crippen LogP contribution is -2.28. The molecule has 1 aliphatic rings. The number of fused-ring (bicyclic) bond motifs is 3. The van der Waals surface area contributed by atoms with Crippen LogP contribution < -0.4 is 9.47 Å². The van der Waals surface area contributed by atoms with Crippen molar-refractivity contribution in [2.75, 3.05) is 39.6 Å². The quantitative estimate of drug-likeness (QED) is 0.0363. The Bertz CT molecular complexity index is 1760. The van der Waals surface area contributed by atoms with Crippen molar-refractivity contribution in [1.29, 1.82) is 0 Å². The second-order valence-corrected chi connectivity index (χ2v) is 12.0. The fourth-order valence-electron chi connectivity index (χ4n) is 6.30. The summed E-state index contributed by atoms with van der Waals surface area (Å²) in [5.74, 6) is -0.564. The van der Waals surface area contributed by atoms with E-state index in [0.29, 0.717) is 24.3 Å². The maximum atomic E-state index is 12.0. The van der Waals surface area contributed by atoms with E-state index in [2.05, 4.69) is 86.0 Å². The molecule has 274 valence electrons. The summed E-state index contributed by atoms with van der Waals surface area (Å²) < 4.78 is 32.1. The summed E-state index contributed by atoms with van der Waals surface area (Å²) in [5.41, 5.74) is 6.09. The molecule has 10 heteroatoms. The highest BCUT2D eigenvalue weighted by molar-refractivity contribution is 5.86. The number of hydrogen-bond acceptors (Lipinski definition) is 10. The van der Waals surface area contributed by atoms with Crippen LogP contribution in [-0.4, -0.2) is 63.5 Å². The van der Waals surface area contributed by atoms with Gasteiger partial charge in [-0.2, -0.15) is 0 Å². The van der Waals surface area contributed by atoms with Gasteiger partial charge in [0.25, 0.3) is 0 Å². The van der Waals surface area contributed by atoms with Crippen LogP contribution in [0.15, 0.2) is 122 Å². The van der Waals surface area contributed by atoms with Gasteiger partial charge in [-0.3, -0.25) is 9.59 Å². The van der Waals surface area contributed by atoms with Crippen LogP contribution >= 0.6 is 0 Å². The first-order valence-electron chi connectivity index (χ1n) is 17.4. The molecule has 53 heavy (non-hydrogen) atoms. The predicted octanol–water partition coefficient (Wildman–Crippen LogP) is 6.91. The van der Waals surface area contributed by atoms with E-state index in [1.165, 1.54) is 0 Å². The smallest absolute Gasteiger partial charge is 0.330 e. The van der Waals surface area contributed by atoms with Crippen molar-refractivity contribution >= 4 is 23.9 Å². The second kappa shape index (κ2) is 18.9. The van der Waals surface area contributed by atoms with Crippen LogP contribution in [0, 0.1) is 0 Å². The van der Waals surface area contributed by atoms with Crippen molar-refractivity contribution in [3.05, 3.63) is 145 Å². The minimum atomic E-state index is -0.630. The van der Waals surface area contributed by atoms with Crippen LogP contribution in [-0.2, 0) is 43.5 Å². The summed E-state index contributed by atoms with van der Waals surface area (Å²) >= 11 is 0. The molecule has 0 saturated carbocycles. The first-order chi connectivity index (χ1) is 25.9. The molecule has 0 amide bonds. The standard InChI is InChI=1S/C43H42O10/c1-3-39(44)50-25-9-15-41(46)52-29-27-48-33-21-17-31(18-22-33)43(37-13-7-5-11-35(37)36-12-6-8-14-38(36)43)32-19-23-34(24-20-32)49-28-30-53-42(47)16-10-26-51-40(45)4-2/h3-8,11-14,17-24H,1-2,9-10,15-16,25-30H2. The zero-order valence-electron chi connectivity index (χ0n) is 29.5. The van der Waals surface area contributed by atoms with Gasteiger partial charge in [0.05, 0.1) is 18.6 Å². The number of rotatable bonds is 20. The maximum absolute atomic E-state index is 12.0. The topological polar surface area (TPSA) is 124 Å². The van der Waals surface area contributed by atoms with E-state index < -0.39 is 29.3 Å². The molecule has 4 aromatic rings. The van der Waals surface area contributed by atoms with Gasteiger partial charge in [-0.05, 0) is 70.5 Å². The van der Waals surface area contributed by atoms with Crippen molar-refractivity contribution < 1.29 is 47.6 Å². The van der Waals surface area contributed by atoms with Crippen molar-refractivity contribution in [2.24, 2.45) is 0 Å². The average molecular weight is 719 g/mol. The first-order valence-corrected chi connectivity index (χ1v) is 17.4. The molecule has 0 unspecified atom stereocenters. The van der Waals surface area contributed by atoms with Crippen molar-refractivity contribution in [3.63, 3.8) is 0 Å². The van der Waals surface area contributed by atoms with Crippen LogP contribution in [0.1, 0.15) is 47.9 Å². The zero-order chi connectivity index (χ0) is 37.5. The molecule has 0 aromatic heterocycles. The number of carbonyl (C=O) groups is 4. The minimum Gasteiger partial charge on any atom is -0.490 e. The summed E-state index contributed by atoms with van der Waals surface area (Å²) in [6.45, 7) is 7.45. The molecule has 0 radical (unpaired) electrons. The van der Waals surface area contributed by atoms with E-state index >= 15 is 0 Å². The van der Waals surface area contributed by atoms with E-state index in [9.17, 15) is 19.2 Å². The van der Waals surface area contributed by atoms with E-state index in [1.807, 2.05) is 24.3 Å². The van der Waals surface area contributed by atoms with Gasteiger partial charge in [-0.25, -0.2) is 9.59 Å². The van der Waals surface area contributed by atoms with E-state index in [-0.39, 0.29) is 52.5 Å². The van der Waals surface area contributed by atoms with Crippen molar-refractivity contribution in [3.8, 4) is 22.6 Å². The fraction of sp³-hybridized carbons (Fsp3) is 0.256. The van der Waals surface area contributed by atoms with Crippen LogP contribution in [0.5, 0.6) is 11.5 Å². The van der Waals surface area contributed by atoms with Gasteiger partial charge in [0.1, 0.15) is 37.9 Å². The largest absolute Gasteiger partial charge is 0.490 e. The highest BCUT2D eigenvalue weighted by Gasteiger charge is 2.45. The van der Waals surface area contributed by atoms with Gasteiger partial charge < -0.3 is 28.4 Å². The van der Waals surface area contributed by atoms with Gasteiger partial charge in [0.15, 0.2) is 0 Å². The summed E-state index contributed by atoms with van der Waals surface area (Å²) in [6.07, 6.45) is 3.14. The Morgan fingerprint density at radius 3 is 1.28 bits per heavy atom. The lowest BCUT2D eigenvalue weighted by atomic mass is 9.68. The second-order valence-electron chi connectivity index (χ2n) is 12.0. The highest BCUT2D eigenvalue weighted by atomic mass is 16.6. The summed E-state index contributed by atoms with van der Waals surface area (Å²) in [6, 6.07) is 32.8. The van der Waals surface area contributed by atoms with Crippen molar-refractivity contribution in [1.82, 2.24) is 0 Å². The molecule has 5 rings (SSSR count). The Morgan fingerprint density at radius 1 is 0.491 bits per heavy atom. The molecule has 0 spiro atoms. The Labute approximate surface area is 308 Å². The van der Waals surface area contributed by atoms with Crippen LogP contribution in [0.3, 0.4) is 0 Å². The first kappa shape index (κ1) is 38.1. The van der Waals surface area contributed by atoms with Gasteiger partial charge in [0, 0.05) is 25.0 Å². The molecule has 0 saturated heterocycles. The molecular weight excluding hydrogens is 676 g/mol. The molecule has 1 aliphatic carbocycles. The lowest BCUT2D eigenvalue weighted by molar-refractivity contribution is -0.146. The Balaban J connectivity index is 1.24. The third-order valence-electron chi connectivity index (χ3n) is 8.63. The van der Waals surface area contributed by atoms with Gasteiger partial charge >= 0.3 is 23.9 Å². The summed E-state index contributed by atoms with van der Waals surface area (Å²) in [7, 11) is 0. The summed E-state index contributed by atoms with van der Waals surface area (Å²) in [4.78, 5) is 46.3. The summed E-state index contributed by atoms with van der Waals surface area (Å²) in [5, 5.41) is 0. The number of benzene rings is 4. The number of ether oxygens (including phenoxy) is 6. The average Bonchev–Trinajstić information content (AvgIpc) is 3.49. The van der Waals surface area contributed by atoms with E-state index in [0.717, 1.165) is 45.5 Å². The Kier molecular flexibility index (Phi) is 13.6. The highest BCUT2D eigenvalue weighted by Crippen LogP contribution is 2.56. The Hall–Kier alpha value is -6.16. The normalized spacial score (nSPS) is 12.0. The van der Waals surface area contributed by atoms with Crippen LogP contribution in [0.4, 0.5) is 0 Å². The number of esters is 4. The lowest BCUT2D eigenvalue weighted by Gasteiger charge is -2.34. The molecule has 10 nitrogen and oxygen atoms in total. The van der Waals surface area contributed by atoms with Gasteiger partial charge in [-0.1, -0.05) is 86.0 Å². The third-order valence-corrected chi connectivity index (χ3v) is 8.63. The Morgan fingerprint density at radius 2 is 0.887 bits per heavy atom. The molecule has 0 N–H and O–H groups in total. The monoisotopic (exact) mass is 718 g/mol. The molecule has 4 aromatic carbocycles. The molecular formula is C43H42O10. The van der Waals surface area contributed by atoms with Crippen LogP contribution in [0.25, 0.3) is 11.1 Å². The SMILES string of the molecule is C=CC(=O)OCCCC(=O)OCCOc1ccc(C2(c3ccc(OCCOC(=O)CCCOC(=O)C=C)cc3)c3ccccc3-c3ccccc32)cc1. The third kappa shape index (κ3) is 9.59. The molecule has 0 fully saturated rings. The molecule has 0 bridgehead atoms. The maximum Gasteiger partial charge on any atom is 0.330 e. The van der Waals surface area contributed by atoms with Crippen molar-refractivity contribution in [2.45, 2.75) is 31.1 Å². The minimum absolute atomic E-state index is 0.0869. The van der Waals surface area contributed by atoms with Gasteiger partial charge in [-0.15, -0.1) is 0 Å². The van der Waals surface area contributed by atoms with E-state index in [1.54, 1.807) is 0 Å². The zero-order valence-corrected chi connectivity index (χ0v) is 29.5. The number of carbonyl (C=O) groups excluding carboxylic acids is 4. The van der Waals surface area contributed by atoms with E-state index in [4.69, 9.17) is 28.4 Å². The predicted molar refractivity (Wildman–Crippen MR) is 197 cm³/mol.